The molecule has 0 saturated carbocycles. The van der Waals surface area contributed by atoms with E-state index in [4.69, 9.17) is 25.8 Å². The largest absolute Gasteiger partial charge is 0.503 e. The molecule has 0 aliphatic heterocycles. The average Bonchev–Trinajstić information content (AvgIpc) is 3.60. The van der Waals surface area contributed by atoms with E-state index in [0.29, 0.717) is 22.9 Å². The first-order chi connectivity index (χ1) is 26.5. The van der Waals surface area contributed by atoms with Crippen LogP contribution in [-0.4, -0.2) is 149 Å². The van der Waals surface area contributed by atoms with Crippen molar-refractivity contribution in [2.24, 2.45) is 0 Å². The number of rotatable bonds is 9. The second kappa shape index (κ2) is 19.8. The number of ketones is 2. The van der Waals surface area contributed by atoms with E-state index in [0.717, 1.165) is 4.90 Å². The van der Waals surface area contributed by atoms with E-state index < -0.39 is 52.1 Å². The van der Waals surface area contributed by atoms with E-state index in [2.05, 4.69) is 0 Å². The molecule has 0 radical (unpaired) electrons. The van der Waals surface area contributed by atoms with Gasteiger partial charge in [-0.1, -0.05) is 0 Å². The van der Waals surface area contributed by atoms with Crippen molar-refractivity contribution in [3.8, 4) is 45.9 Å². The highest BCUT2D eigenvalue weighted by Gasteiger charge is 2.34. The van der Waals surface area contributed by atoms with Gasteiger partial charge in [0.15, 0.2) is 40.2 Å². The van der Waals surface area contributed by atoms with Gasteiger partial charge in [-0.2, -0.15) is 0 Å². The Morgan fingerprint density at radius 2 is 0.860 bits per heavy atom. The number of ether oxygens (including phenoxy) is 3. The fourth-order valence-electron chi connectivity index (χ4n) is 4.80. The minimum absolute atomic E-state index is 0.145. The summed E-state index contributed by atoms with van der Waals surface area (Å²) in [5.41, 5.74) is 0.209. The number of halogens is 1. The number of aromatic nitrogens is 2. The van der Waals surface area contributed by atoms with Crippen LogP contribution < -0.4 is 14.2 Å². The average molecular weight is 815 g/mol. The van der Waals surface area contributed by atoms with Crippen molar-refractivity contribution in [2.75, 3.05) is 70.6 Å². The van der Waals surface area contributed by atoms with E-state index >= 15 is 0 Å². The molecule has 0 aliphatic rings. The molecular formula is C38H47ClN6O12. The molecule has 0 spiro atoms. The van der Waals surface area contributed by atoms with Crippen LogP contribution in [0.25, 0.3) is 11.4 Å². The molecule has 308 valence electrons. The summed E-state index contributed by atoms with van der Waals surface area (Å²) in [4.78, 5) is 76.3. The lowest BCUT2D eigenvalue weighted by molar-refractivity contribution is 0.0808. The van der Waals surface area contributed by atoms with E-state index in [1.165, 1.54) is 94.2 Å². The van der Waals surface area contributed by atoms with Gasteiger partial charge in [0.25, 0.3) is 11.8 Å². The molecular weight excluding hydrogens is 768 g/mol. The molecule has 2 heterocycles. The number of amides is 4. The number of aromatic hydroxyl groups is 3. The standard InChI is InChI=1S/C19H23N3O6.C16H18N2O5.C3H6ClNO/c1-11(23)14-16(24)17(28-19(26)21(4)5)15(18(25)20(2)3)22(14)12-7-9-13(27-6)10-8-12;1-9(19)12-14(20)15(21)13(16(22)17(2)3)18(12)10-5-7-11(23-4)8-6-10;1-5(2)3(4)6/h7-10,24H,1-6H3;5-8,20-21H,1-4H3;1-2H3. The number of benzene rings is 2. The second-order valence-corrected chi connectivity index (χ2v) is 13.1. The Morgan fingerprint density at radius 3 is 1.18 bits per heavy atom. The van der Waals surface area contributed by atoms with Gasteiger partial charge < -0.3 is 49.1 Å². The molecule has 0 aliphatic carbocycles. The molecule has 0 saturated heterocycles. The summed E-state index contributed by atoms with van der Waals surface area (Å²) in [6.45, 7) is 2.50. The molecule has 57 heavy (non-hydrogen) atoms. The normalized spacial score (nSPS) is 10.1. The zero-order chi connectivity index (χ0) is 43.6. The van der Waals surface area contributed by atoms with Gasteiger partial charge in [0, 0.05) is 81.6 Å². The number of carbonyl (C=O) groups excluding carboxylic acids is 6. The van der Waals surface area contributed by atoms with Crippen molar-refractivity contribution in [2.45, 2.75) is 13.8 Å². The topological polar surface area (TPSA) is 214 Å². The van der Waals surface area contributed by atoms with Gasteiger partial charge in [0.05, 0.1) is 14.2 Å². The van der Waals surface area contributed by atoms with Crippen molar-refractivity contribution in [1.29, 1.82) is 0 Å². The number of nitrogens with zero attached hydrogens (tertiary/aromatic N) is 6. The molecule has 18 nitrogen and oxygen atoms in total. The zero-order valence-corrected chi connectivity index (χ0v) is 34.5. The lowest BCUT2D eigenvalue weighted by atomic mass is 10.2. The molecule has 0 bridgehead atoms. The van der Waals surface area contributed by atoms with Crippen LogP contribution in [0.1, 0.15) is 55.8 Å². The summed E-state index contributed by atoms with van der Waals surface area (Å²) >= 11 is 4.90. The van der Waals surface area contributed by atoms with Crippen molar-refractivity contribution in [3.05, 3.63) is 71.3 Å². The third kappa shape index (κ3) is 10.8. The summed E-state index contributed by atoms with van der Waals surface area (Å²) in [5, 5.41) is 30.4. The van der Waals surface area contributed by atoms with Gasteiger partial charge in [-0.15, -0.1) is 0 Å². The predicted molar refractivity (Wildman–Crippen MR) is 210 cm³/mol. The highest BCUT2D eigenvalue weighted by molar-refractivity contribution is 6.62. The molecule has 0 unspecified atom stereocenters. The van der Waals surface area contributed by atoms with E-state index in [1.807, 2.05) is 0 Å². The van der Waals surface area contributed by atoms with Crippen molar-refractivity contribution < 1.29 is 58.3 Å². The molecule has 2 aromatic heterocycles. The van der Waals surface area contributed by atoms with Crippen molar-refractivity contribution in [1.82, 2.24) is 28.7 Å². The summed E-state index contributed by atoms with van der Waals surface area (Å²) in [7, 11) is 15.2. The second-order valence-electron chi connectivity index (χ2n) is 12.8. The van der Waals surface area contributed by atoms with Crippen LogP contribution in [-0.2, 0) is 0 Å². The van der Waals surface area contributed by atoms with Gasteiger partial charge in [0.1, 0.15) is 22.9 Å². The summed E-state index contributed by atoms with van der Waals surface area (Å²) in [6.07, 6.45) is -0.801. The highest BCUT2D eigenvalue weighted by Crippen LogP contribution is 2.41. The predicted octanol–water partition coefficient (Wildman–Crippen LogP) is 4.86. The quantitative estimate of drug-likeness (QED) is 0.117. The van der Waals surface area contributed by atoms with Crippen molar-refractivity contribution in [3.63, 3.8) is 0 Å². The summed E-state index contributed by atoms with van der Waals surface area (Å²) in [6, 6.07) is 13.1. The van der Waals surface area contributed by atoms with Crippen LogP contribution in [0.4, 0.5) is 9.59 Å². The Balaban J connectivity index is 0.000000349. The maximum Gasteiger partial charge on any atom is 0.414 e. The molecule has 3 N–H and O–H groups in total. The molecule has 4 aromatic rings. The smallest absolute Gasteiger partial charge is 0.414 e. The Labute approximate surface area is 334 Å². The molecule has 4 amide bonds. The Kier molecular flexibility index (Phi) is 16.1. The van der Waals surface area contributed by atoms with Gasteiger partial charge in [-0.05, 0) is 60.1 Å². The Hall–Kier alpha value is -6.69. The SMILES string of the molecule is CN(C)C(=O)Cl.COc1ccc(-n2c(C(C)=O)c(O)c(O)c2C(=O)N(C)C)cc1.COc1ccc(-n2c(C(C)=O)c(O)c(OC(=O)N(C)C)c2C(=O)N(C)C)cc1. The first kappa shape index (κ1) is 46.5. The Bertz CT molecular complexity index is 2120. The van der Waals surface area contributed by atoms with Crippen LogP contribution in [0.15, 0.2) is 48.5 Å². The first-order valence-electron chi connectivity index (χ1n) is 16.7. The molecule has 0 fully saturated rings. The van der Waals surface area contributed by atoms with Crippen molar-refractivity contribution >= 4 is 46.4 Å². The maximum absolute atomic E-state index is 12.9. The minimum atomic E-state index is -0.801. The van der Waals surface area contributed by atoms with Crippen LogP contribution >= 0.6 is 11.6 Å². The van der Waals surface area contributed by atoms with Gasteiger partial charge in [-0.3, -0.25) is 33.1 Å². The molecule has 4 rings (SSSR count). The number of hydrogen-bond acceptors (Lipinski definition) is 12. The van der Waals surface area contributed by atoms with Gasteiger partial charge in [-0.25, -0.2) is 4.79 Å². The van der Waals surface area contributed by atoms with Gasteiger partial charge >= 0.3 is 11.5 Å². The number of hydrogen-bond donors (Lipinski definition) is 3. The third-order valence-corrected chi connectivity index (χ3v) is 8.01. The van der Waals surface area contributed by atoms with Gasteiger partial charge in [0.2, 0.25) is 5.75 Å². The van der Waals surface area contributed by atoms with E-state index in [-0.39, 0.29) is 28.5 Å². The summed E-state index contributed by atoms with van der Waals surface area (Å²) < 4.78 is 18.0. The number of methoxy groups -OCH3 is 2. The van der Waals surface area contributed by atoms with Crippen LogP contribution in [0.3, 0.4) is 0 Å². The minimum Gasteiger partial charge on any atom is -0.503 e. The van der Waals surface area contributed by atoms with Crippen LogP contribution in [0, 0.1) is 0 Å². The Morgan fingerprint density at radius 1 is 0.526 bits per heavy atom. The first-order valence-corrected chi connectivity index (χ1v) is 17.1. The van der Waals surface area contributed by atoms with E-state index in [9.17, 15) is 44.1 Å². The van der Waals surface area contributed by atoms with Crippen LogP contribution in [0.2, 0.25) is 0 Å². The number of Topliss-reactive ketones (excluding diaryl/α,β-unsaturated/α-hetero) is 2. The lowest BCUT2D eigenvalue weighted by Crippen LogP contribution is -2.28. The van der Waals surface area contributed by atoms with E-state index in [1.54, 1.807) is 62.6 Å². The lowest BCUT2D eigenvalue weighted by Gasteiger charge is -2.17. The fourth-order valence-corrected chi connectivity index (χ4v) is 4.80. The maximum atomic E-state index is 12.9. The fraction of sp³-hybridized carbons (Fsp3) is 0.316. The third-order valence-electron chi connectivity index (χ3n) is 7.67. The number of carbonyl (C=O) groups is 6. The monoisotopic (exact) mass is 814 g/mol. The van der Waals surface area contributed by atoms with Crippen LogP contribution in [0.5, 0.6) is 34.5 Å². The summed E-state index contributed by atoms with van der Waals surface area (Å²) in [5.74, 6) is -3.10. The molecule has 2 aromatic carbocycles. The highest BCUT2D eigenvalue weighted by atomic mass is 35.5. The zero-order valence-electron chi connectivity index (χ0n) is 33.7. The molecule has 0 atom stereocenters. The molecule has 19 heteroatoms.